The van der Waals surface area contributed by atoms with E-state index in [9.17, 15) is 14.4 Å². The summed E-state index contributed by atoms with van der Waals surface area (Å²) in [7, 11) is 1.76. The van der Waals surface area contributed by atoms with Crippen LogP contribution in [0.1, 0.15) is 51.1 Å². The van der Waals surface area contributed by atoms with Crippen molar-refractivity contribution >= 4 is 17.5 Å². The first-order valence-corrected chi connectivity index (χ1v) is 15.3. The lowest BCUT2D eigenvalue weighted by Gasteiger charge is -2.38. The standard InChI is InChI=1S/C35H43N5O4/c1-6-33(41)40-13-11-28(12-14-40)38-32-17-27(26-9-7-25(8-10-26)19-39-20-29(21-39)44-5)16-30(24(32)4)34(42)36-18-31-22(2)15-23(3)37-35(31)43/h6-10,15-17,28-29,38H,1,11-14,18-21H2,2-5H3,(H,36,42)(H,37,43). The van der Waals surface area contributed by atoms with Gasteiger partial charge < -0.3 is 25.3 Å². The van der Waals surface area contributed by atoms with E-state index in [1.54, 1.807) is 7.11 Å². The lowest BCUT2D eigenvalue weighted by molar-refractivity contribution is -0.126. The molecule has 44 heavy (non-hydrogen) atoms. The summed E-state index contributed by atoms with van der Waals surface area (Å²) in [4.78, 5) is 45.3. The third-order valence-electron chi connectivity index (χ3n) is 8.86. The Morgan fingerprint density at radius 1 is 1.05 bits per heavy atom. The fourth-order valence-corrected chi connectivity index (χ4v) is 6.09. The van der Waals surface area contributed by atoms with E-state index in [0.717, 1.165) is 66.1 Å². The predicted octanol–water partition coefficient (Wildman–Crippen LogP) is 4.32. The molecule has 0 atom stereocenters. The number of likely N-dealkylation sites (tertiary alicyclic amines) is 2. The van der Waals surface area contributed by atoms with Gasteiger partial charge in [-0.25, -0.2) is 0 Å². The number of aromatic nitrogens is 1. The number of pyridine rings is 1. The number of amides is 2. The monoisotopic (exact) mass is 597 g/mol. The van der Waals surface area contributed by atoms with Crippen LogP contribution in [0, 0.1) is 20.8 Å². The number of hydrogen-bond donors (Lipinski definition) is 3. The van der Waals surface area contributed by atoms with Crippen LogP contribution in [0.15, 0.2) is 59.9 Å². The van der Waals surface area contributed by atoms with Crippen molar-refractivity contribution in [3.8, 4) is 11.1 Å². The van der Waals surface area contributed by atoms with E-state index >= 15 is 0 Å². The second kappa shape index (κ2) is 13.6. The van der Waals surface area contributed by atoms with E-state index in [-0.39, 0.29) is 30.0 Å². The Labute approximate surface area is 259 Å². The van der Waals surface area contributed by atoms with Gasteiger partial charge in [0.05, 0.1) is 6.10 Å². The summed E-state index contributed by atoms with van der Waals surface area (Å²) in [5.74, 6) is -0.278. The first kappa shape index (κ1) is 31.2. The highest BCUT2D eigenvalue weighted by Crippen LogP contribution is 2.31. The summed E-state index contributed by atoms with van der Waals surface area (Å²) in [5.41, 5.74) is 7.45. The Morgan fingerprint density at radius 3 is 2.39 bits per heavy atom. The Balaban J connectivity index is 1.38. The Morgan fingerprint density at radius 2 is 1.75 bits per heavy atom. The molecule has 2 aromatic carbocycles. The Hall–Kier alpha value is -4.21. The number of anilines is 1. The minimum Gasteiger partial charge on any atom is -0.382 e. The number of ether oxygens (including phenoxy) is 1. The summed E-state index contributed by atoms with van der Waals surface area (Å²) in [5, 5.41) is 6.66. The van der Waals surface area contributed by atoms with Gasteiger partial charge in [-0.15, -0.1) is 0 Å². The molecule has 2 fully saturated rings. The fourth-order valence-electron chi connectivity index (χ4n) is 6.09. The van der Waals surface area contributed by atoms with Crippen molar-refractivity contribution < 1.29 is 14.3 Å². The zero-order chi connectivity index (χ0) is 31.4. The average molecular weight is 598 g/mol. The number of carbonyl (C=O) groups excluding carboxylic acids is 2. The van der Waals surface area contributed by atoms with Crippen LogP contribution in [0.25, 0.3) is 11.1 Å². The fraction of sp³-hybridized carbons (Fsp3) is 0.400. The zero-order valence-corrected chi connectivity index (χ0v) is 26.2. The average Bonchev–Trinajstić information content (AvgIpc) is 2.99. The van der Waals surface area contributed by atoms with Crippen LogP contribution >= 0.6 is 0 Å². The van der Waals surface area contributed by atoms with E-state index in [1.807, 2.05) is 37.8 Å². The quantitative estimate of drug-likeness (QED) is 0.301. The van der Waals surface area contributed by atoms with Crippen molar-refractivity contribution in [3.63, 3.8) is 0 Å². The summed E-state index contributed by atoms with van der Waals surface area (Å²) >= 11 is 0. The molecule has 3 aromatic rings. The van der Waals surface area contributed by atoms with Gasteiger partial charge in [-0.2, -0.15) is 0 Å². The normalized spacial score (nSPS) is 16.0. The lowest BCUT2D eigenvalue weighted by atomic mass is 9.95. The summed E-state index contributed by atoms with van der Waals surface area (Å²) in [6.07, 6.45) is 3.29. The number of nitrogens with one attached hydrogen (secondary N) is 3. The molecule has 3 N–H and O–H groups in total. The summed E-state index contributed by atoms with van der Waals surface area (Å²) in [6, 6.07) is 14.6. The first-order chi connectivity index (χ1) is 21.1. The van der Waals surface area contributed by atoms with Crippen molar-refractivity contribution in [2.75, 3.05) is 38.6 Å². The first-order valence-electron chi connectivity index (χ1n) is 15.3. The van der Waals surface area contributed by atoms with Gasteiger partial charge in [-0.1, -0.05) is 30.8 Å². The molecule has 0 unspecified atom stereocenters. The predicted molar refractivity (Wildman–Crippen MR) is 174 cm³/mol. The molecule has 0 radical (unpaired) electrons. The molecule has 2 amide bonds. The molecule has 2 aliphatic rings. The molecule has 9 nitrogen and oxygen atoms in total. The largest absolute Gasteiger partial charge is 0.382 e. The third-order valence-corrected chi connectivity index (χ3v) is 8.86. The zero-order valence-electron chi connectivity index (χ0n) is 26.2. The van der Waals surface area contributed by atoms with Crippen molar-refractivity contribution in [1.29, 1.82) is 0 Å². The maximum atomic E-state index is 13.7. The third kappa shape index (κ3) is 7.11. The van der Waals surface area contributed by atoms with Gasteiger partial charge in [-0.3, -0.25) is 19.3 Å². The van der Waals surface area contributed by atoms with Crippen LogP contribution in [0.2, 0.25) is 0 Å². The number of hydrogen-bond acceptors (Lipinski definition) is 6. The SMILES string of the molecule is C=CC(=O)N1CCC(Nc2cc(-c3ccc(CN4CC(OC)C4)cc3)cc(C(=O)NCc3c(C)cc(C)[nH]c3=O)c2C)CC1. The van der Waals surface area contributed by atoms with E-state index in [4.69, 9.17) is 4.74 Å². The van der Waals surface area contributed by atoms with Crippen LogP contribution in [-0.2, 0) is 22.6 Å². The number of aromatic amines is 1. The van der Waals surface area contributed by atoms with E-state index < -0.39 is 0 Å². The van der Waals surface area contributed by atoms with Crippen molar-refractivity contribution in [2.45, 2.75) is 58.8 Å². The molecule has 0 aliphatic carbocycles. The van der Waals surface area contributed by atoms with Gasteiger partial charge in [0.1, 0.15) is 0 Å². The number of carbonyl (C=O) groups is 2. The van der Waals surface area contributed by atoms with Crippen molar-refractivity contribution in [3.05, 3.63) is 99.0 Å². The van der Waals surface area contributed by atoms with E-state index in [2.05, 4.69) is 57.4 Å². The number of benzene rings is 2. The van der Waals surface area contributed by atoms with Crippen molar-refractivity contribution in [1.82, 2.24) is 20.1 Å². The number of rotatable bonds is 10. The maximum Gasteiger partial charge on any atom is 0.253 e. The van der Waals surface area contributed by atoms with Gasteiger partial charge >= 0.3 is 0 Å². The van der Waals surface area contributed by atoms with Crippen LogP contribution in [-0.4, -0.2) is 72.0 Å². The minimum absolute atomic E-state index is 0.0423. The second-order valence-corrected chi connectivity index (χ2v) is 12.0. The highest BCUT2D eigenvalue weighted by Gasteiger charge is 2.26. The minimum atomic E-state index is -0.236. The van der Waals surface area contributed by atoms with Gasteiger partial charge in [0.2, 0.25) is 5.91 Å². The highest BCUT2D eigenvalue weighted by molar-refractivity contribution is 5.98. The molecule has 0 bridgehead atoms. The molecule has 1 aromatic heterocycles. The molecule has 9 heteroatoms. The topological polar surface area (TPSA) is 107 Å². The molecular formula is C35H43N5O4. The molecule has 2 aliphatic heterocycles. The number of methoxy groups -OCH3 is 1. The molecule has 0 spiro atoms. The summed E-state index contributed by atoms with van der Waals surface area (Å²) in [6.45, 7) is 13.5. The number of piperidine rings is 1. The second-order valence-electron chi connectivity index (χ2n) is 12.0. The molecule has 232 valence electrons. The Bertz CT molecular complexity index is 1580. The van der Waals surface area contributed by atoms with E-state index in [1.165, 1.54) is 11.6 Å². The van der Waals surface area contributed by atoms with E-state index in [0.29, 0.717) is 30.3 Å². The molecule has 3 heterocycles. The van der Waals surface area contributed by atoms with Crippen LogP contribution in [0.5, 0.6) is 0 Å². The van der Waals surface area contributed by atoms with Gasteiger partial charge in [-0.05, 0) is 85.7 Å². The molecule has 0 saturated carbocycles. The lowest BCUT2D eigenvalue weighted by Crippen LogP contribution is -2.50. The number of aryl methyl sites for hydroxylation is 2. The maximum absolute atomic E-state index is 13.7. The molecular weight excluding hydrogens is 554 g/mol. The number of H-pyrrole nitrogens is 1. The molecule has 2 saturated heterocycles. The van der Waals surface area contributed by atoms with Crippen LogP contribution in [0.4, 0.5) is 5.69 Å². The van der Waals surface area contributed by atoms with Crippen LogP contribution < -0.4 is 16.2 Å². The highest BCUT2D eigenvalue weighted by atomic mass is 16.5. The van der Waals surface area contributed by atoms with Crippen molar-refractivity contribution in [2.24, 2.45) is 0 Å². The number of nitrogens with zero attached hydrogens (tertiary/aromatic N) is 2. The van der Waals surface area contributed by atoms with Gasteiger partial charge in [0.15, 0.2) is 0 Å². The van der Waals surface area contributed by atoms with Crippen LogP contribution in [0.3, 0.4) is 0 Å². The molecule has 5 rings (SSSR count). The Kier molecular flexibility index (Phi) is 9.66. The van der Waals surface area contributed by atoms with Gasteiger partial charge in [0.25, 0.3) is 11.5 Å². The summed E-state index contributed by atoms with van der Waals surface area (Å²) < 4.78 is 5.40. The van der Waals surface area contributed by atoms with Gasteiger partial charge in [0, 0.05) is 74.9 Å². The smallest absolute Gasteiger partial charge is 0.253 e.